The van der Waals surface area contributed by atoms with Crippen LogP contribution in [0.5, 0.6) is 0 Å². The van der Waals surface area contributed by atoms with Gasteiger partial charge in [-0.15, -0.1) is 0 Å². The van der Waals surface area contributed by atoms with Gasteiger partial charge in [0.05, 0.1) is 5.92 Å². The maximum atomic E-state index is 11.3. The average molecular weight is 245 g/mol. The van der Waals surface area contributed by atoms with Crippen LogP contribution in [0.1, 0.15) is 22.6 Å². The molecule has 0 fully saturated rings. The number of carbonyl (C=O) groups is 1. The van der Waals surface area contributed by atoms with E-state index in [0.29, 0.717) is 5.02 Å². The molecule has 2 aromatic carbocycles. The van der Waals surface area contributed by atoms with E-state index < -0.39 is 0 Å². The van der Waals surface area contributed by atoms with E-state index >= 15 is 0 Å². The molecule has 1 atom stereocenters. The van der Waals surface area contributed by atoms with E-state index in [1.54, 1.807) is 0 Å². The van der Waals surface area contributed by atoms with Crippen molar-refractivity contribution in [3.63, 3.8) is 0 Å². The highest BCUT2D eigenvalue weighted by molar-refractivity contribution is 6.30. The zero-order chi connectivity index (χ0) is 12.3. The normalized spacial score (nSPS) is 12.1. The minimum absolute atomic E-state index is 0.241. The third-order valence-electron chi connectivity index (χ3n) is 2.87. The zero-order valence-electron chi connectivity index (χ0n) is 9.56. The van der Waals surface area contributed by atoms with Crippen LogP contribution in [0.15, 0.2) is 48.5 Å². The van der Waals surface area contributed by atoms with Crippen LogP contribution in [0.25, 0.3) is 0 Å². The number of hydrogen-bond donors (Lipinski definition) is 0. The lowest BCUT2D eigenvalue weighted by atomic mass is 9.90. The molecule has 0 aliphatic rings. The van der Waals surface area contributed by atoms with Crippen molar-refractivity contribution in [2.75, 3.05) is 0 Å². The summed E-state index contributed by atoms with van der Waals surface area (Å²) in [4.78, 5) is 11.3. The van der Waals surface area contributed by atoms with E-state index in [-0.39, 0.29) is 5.92 Å². The molecule has 0 N–H and O–H groups in total. The summed E-state index contributed by atoms with van der Waals surface area (Å²) in [6, 6.07) is 15.4. The van der Waals surface area contributed by atoms with Gasteiger partial charge in [0.15, 0.2) is 0 Å². The van der Waals surface area contributed by atoms with Gasteiger partial charge in [0.1, 0.15) is 6.29 Å². The van der Waals surface area contributed by atoms with Crippen LogP contribution >= 0.6 is 11.6 Å². The Kier molecular flexibility index (Phi) is 3.60. The minimum Gasteiger partial charge on any atom is -0.302 e. The van der Waals surface area contributed by atoms with E-state index in [1.165, 1.54) is 0 Å². The van der Waals surface area contributed by atoms with Gasteiger partial charge >= 0.3 is 0 Å². The molecule has 86 valence electrons. The largest absolute Gasteiger partial charge is 0.302 e. The fourth-order valence-electron chi connectivity index (χ4n) is 1.97. The van der Waals surface area contributed by atoms with E-state index in [0.717, 1.165) is 23.0 Å². The molecule has 17 heavy (non-hydrogen) atoms. The summed E-state index contributed by atoms with van der Waals surface area (Å²) >= 11 is 5.96. The molecule has 2 heteroatoms. The second kappa shape index (κ2) is 5.15. The number of hydrogen-bond acceptors (Lipinski definition) is 1. The van der Waals surface area contributed by atoms with Crippen LogP contribution in [-0.4, -0.2) is 6.29 Å². The first-order valence-corrected chi connectivity index (χ1v) is 5.86. The summed E-state index contributed by atoms with van der Waals surface area (Å²) in [6.45, 7) is 2.01. The molecule has 2 aromatic rings. The third-order valence-corrected chi connectivity index (χ3v) is 3.10. The number of halogens is 1. The van der Waals surface area contributed by atoms with E-state index in [4.69, 9.17) is 11.6 Å². The molecule has 0 heterocycles. The van der Waals surface area contributed by atoms with Crippen LogP contribution < -0.4 is 0 Å². The molecule has 0 amide bonds. The van der Waals surface area contributed by atoms with Crippen LogP contribution in [0, 0.1) is 6.92 Å². The Morgan fingerprint density at radius 2 is 1.88 bits per heavy atom. The molecule has 0 aliphatic heterocycles. The fourth-order valence-corrected chi connectivity index (χ4v) is 2.17. The van der Waals surface area contributed by atoms with Gasteiger partial charge in [0, 0.05) is 5.02 Å². The Balaban J connectivity index is 2.48. The van der Waals surface area contributed by atoms with Crippen molar-refractivity contribution in [3.8, 4) is 0 Å². The first-order chi connectivity index (χ1) is 8.22. The van der Waals surface area contributed by atoms with Crippen molar-refractivity contribution < 1.29 is 4.79 Å². The monoisotopic (exact) mass is 244 g/mol. The third kappa shape index (κ3) is 2.56. The van der Waals surface area contributed by atoms with E-state index in [2.05, 4.69) is 0 Å². The quantitative estimate of drug-likeness (QED) is 0.747. The van der Waals surface area contributed by atoms with Crippen molar-refractivity contribution in [2.24, 2.45) is 0 Å². The summed E-state index contributed by atoms with van der Waals surface area (Å²) in [5, 5.41) is 0.655. The summed E-state index contributed by atoms with van der Waals surface area (Å²) in [5.74, 6) is -0.241. The fraction of sp³-hybridized carbons (Fsp3) is 0.133. The van der Waals surface area contributed by atoms with E-state index in [1.807, 2.05) is 55.5 Å². The van der Waals surface area contributed by atoms with Crippen molar-refractivity contribution >= 4 is 17.9 Å². The molecular weight excluding hydrogens is 232 g/mol. The molecule has 0 aromatic heterocycles. The first kappa shape index (κ1) is 11.9. The molecule has 1 unspecified atom stereocenters. The molecule has 1 nitrogen and oxygen atoms in total. The minimum atomic E-state index is -0.241. The average Bonchev–Trinajstić information content (AvgIpc) is 2.33. The molecule has 0 saturated heterocycles. The van der Waals surface area contributed by atoms with Crippen molar-refractivity contribution in [1.82, 2.24) is 0 Å². The van der Waals surface area contributed by atoms with Crippen molar-refractivity contribution in [1.29, 1.82) is 0 Å². The van der Waals surface area contributed by atoms with Gasteiger partial charge in [-0.05, 0) is 35.7 Å². The predicted octanol–water partition coefficient (Wildman–Crippen LogP) is 3.98. The number of aldehydes is 1. The van der Waals surface area contributed by atoms with Crippen LogP contribution in [0.2, 0.25) is 5.02 Å². The first-order valence-electron chi connectivity index (χ1n) is 5.48. The van der Waals surface area contributed by atoms with Gasteiger partial charge in [0.2, 0.25) is 0 Å². The van der Waals surface area contributed by atoms with Gasteiger partial charge in [-0.2, -0.15) is 0 Å². The lowest BCUT2D eigenvalue weighted by Crippen LogP contribution is -2.04. The maximum Gasteiger partial charge on any atom is 0.131 e. The summed E-state index contributed by atoms with van der Waals surface area (Å²) in [5.41, 5.74) is 3.08. The number of aryl methyl sites for hydroxylation is 1. The zero-order valence-corrected chi connectivity index (χ0v) is 10.3. The summed E-state index contributed by atoms with van der Waals surface area (Å²) in [6.07, 6.45) is 0.966. The number of rotatable bonds is 3. The molecular formula is C15H13ClO. The molecule has 0 bridgehead atoms. The standard InChI is InChI=1S/C15H13ClO/c1-11-5-2-3-8-14(11)15(10-17)12-6-4-7-13(16)9-12/h2-10,15H,1H3. The van der Waals surface area contributed by atoms with Gasteiger partial charge in [-0.1, -0.05) is 48.0 Å². The number of benzene rings is 2. The SMILES string of the molecule is Cc1ccccc1C(C=O)c1cccc(Cl)c1. The summed E-state index contributed by atoms with van der Waals surface area (Å²) < 4.78 is 0. The Morgan fingerprint density at radius 1 is 1.12 bits per heavy atom. The van der Waals surface area contributed by atoms with E-state index in [9.17, 15) is 4.79 Å². The highest BCUT2D eigenvalue weighted by Crippen LogP contribution is 2.26. The molecule has 0 radical (unpaired) electrons. The van der Waals surface area contributed by atoms with Gasteiger partial charge < -0.3 is 4.79 Å². The Labute approximate surface area is 106 Å². The van der Waals surface area contributed by atoms with Crippen LogP contribution in [-0.2, 0) is 4.79 Å². The topological polar surface area (TPSA) is 17.1 Å². The van der Waals surface area contributed by atoms with Crippen molar-refractivity contribution in [2.45, 2.75) is 12.8 Å². The lowest BCUT2D eigenvalue weighted by molar-refractivity contribution is -0.108. The van der Waals surface area contributed by atoms with Crippen molar-refractivity contribution in [3.05, 3.63) is 70.2 Å². The van der Waals surface area contributed by atoms with Crippen LogP contribution in [0.4, 0.5) is 0 Å². The summed E-state index contributed by atoms with van der Waals surface area (Å²) in [7, 11) is 0. The Bertz CT molecular complexity index is 534. The van der Waals surface area contributed by atoms with Crippen LogP contribution in [0.3, 0.4) is 0 Å². The molecule has 2 rings (SSSR count). The lowest BCUT2D eigenvalue weighted by Gasteiger charge is -2.14. The Morgan fingerprint density at radius 3 is 2.53 bits per heavy atom. The highest BCUT2D eigenvalue weighted by atomic mass is 35.5. The Hall–Kier alpha value is -1.60. The molecule has 0 saturated carbocycles. The van der Waals surface area contributed by atoms with Gasteiger partial charge in [-0.3, -0.25) is 0 Å². The predicted molar refractivity (Wildman–Crippen MR) is 70.5 cm³/mol. The second-order valence-corrected chi connectivity index (χ2v) is 4.46. The smallest absolute Gasteiger partial charge is 0.131 e. The molecule has 0 aliphatic carbocycles. The maximum absolute atomic E-state index is 11.3. The highest BCUT2D eigenvalue weighted by Gasteiger charge is 2.14. The second-order valence-electron chi connectivity index (χ2n) is 4.03. The van der Waals surface area contributed by atoms with Gasteiger partial charge in [-0.25, -0.2) is 0 Å². The van der Waals surface area contributed by atoms with Gasteiger partial charge in [0.25, 0.3) is 0 Å². The number of carbonyl (C=O) groups excluding carboxylic acids is 1. The molecule has 0 spiro atoms.